The number of methoxy groups -OCH3 is 1. The minimum atomic E-state index is -2.88. The Morgan fingerprint density at radius 2 is 1.75 bits per heavy atom. The number of rotatable bonds is 6. The zero-order chi connectivity index (χ0) is 30.7. The highest BCUT2D eigenvalue weighted by atomic mass is 19.3. The van der Waals surface area contributed by atoms with Gasteiger partial charge in [0.05, 0.1) is 7.11 Å². The standard InChI is InChI=1S/C33H29F3N4O4/c1-44-28-11-5-10-27(37-28)40-26(14-15-29(40)41)31(42)39(20-7-4-6-19(34)16-20)30-24-9-3-2-8-22(24)23-12-13-25(23)38(32(30)43)21-17-33(35,36)18-21/h2-11,13,16,21,23,26,30H,12,14-15,17-18H2,1H3. The van der Waals surface area contributed by atoms with E-state index in [4.69, 9.17) is 4.74 Å². The van der Waals surface area contributed by atoms with Gasteiger partial charge in [0.15, 0.2) is 0 Å². The van der Waals surface area contributed by atoms with E-state index in [1.54, 1.807) is 30.3 Å². The Hall–Kier alpha value is -4.67. The molecule has 3 amide bonds. The number of ether oxygens (including phenoxy) is 1. The molecule has 4 aliphatic rings. The van der Waals surface area contributed by atoms with Crippen molar-refractivity contribution in [1.82, 2.24) is 9.88 Å². The highest BCUT2D eigenvalue weighted by Crippen LogP contribution is 2.52. The Bertz CT molecular complexity index is 1700. The quantitative estimate of drug-likeness (QED) is 0.372. The maximum Gasteiger partial charge on any atom is 0.254 e. The van der Waals surface area contributed by atoms with Crippen molar-refractivity contribution >= 4 is 29.2 Å². The van der Waals surface area contributed by atoms with Gasteiger partial charge in [0.2, 0.25) is 11.8 Å². The molecule has 1 saturated heterocycles. The summed E-state index contributed by atoms with van der Waals surface area (Å²) in [4.78, 5) is 51.1. The van der Waals surface area contributed by atoms with Gasteiger partial charge in [-0.25, -0.2) is 13.2 Å². The van der Waals surface area contributed by atoms with Crippen LogP contribution in [0.1, 0.15) is 55.2 Å². The molecule has 3 aromatic rings. The minimum absolute atomic E-state index is 0.0553. The van der Waals surface area contributed by atoms with Gasteiger partial charge >= 0.3 is 0 Å². The van der Waals surface area contributed by atoms with E-state index in [-0.39, 0.29) is 42.1 Å². The monoisotopic (exact) mass is 602 g/mol. The zero-order valence-electron chi connectivity index (χ0n) is 23.8. The second kappa shape index (κ2) is 10.5. The Balaban J connectivity index is 1.37. The van der Waals surface area contributed by atoms with Crippen molar-refractivity contribution < 1.29 is 32.3 Å². The molecule has 2 fully saturated rings. The molecule has 3 unspecified atom stereocenters. The van der Waals surface area contributed by atoms with Crippen molar-refractivity contribution in [3.05, 3.63) is 95.4 Å². The van der Waals surface area contributed by atoms with Gasteiger partial charge in [-0.2, -0.15) is 4.98 Å². The first-order chi connectivity index (χ1) is 21.2. The van der Waals surface area contributed by atoms with Crippen LogP contribution in [0.5, 0.6) is 5.88 Å². The third kappa shape index (κ3) is 4.53. The van der Waals surface area contributed by atoms with E-state index in [1.807, 2.05) is 18.2 Å². The molecule has 2 aliphatic carbocycles. The number of pyridine rings is 1. The van der Waals surface area contributed by atoms with Gasteiger partial charge in [-0.1, -0.05) is 42.5 Å². The molecule has 7 rings (SSSR count). The third-order valence-electron chi connectivity index (χ3n) is 9.01. The second-order valence-electron chi connectivity index (χ2n) is 11.6. The summed E-state index contributed by atoms with van der Waals surface area (Å²) in [5.41, 5.74) is 2.10. The van der Waals surface area contributed by atoms with Crippen LogP contribution in [-0.2, 0) is 14.4 Å². The fraction of sp³-hybridized carbons (Fsp3) is 0.333. The average molecular weight is 603 g/mol. The number of hydrogen-bond donors (Lipinski definition) is 0. The van der Waals surface area contributed by atoms with Crippen LogP contribution in [0.3, 0.4) is 0 Å². The number of carbonyl (C=O) groups excluding carboxylic acids is 3. The molecule has 2 aromatic carbocycles. The summed E-state index contributed by atoms with van der Waals surface area (Å²) in [6, 6.07) is 14.4. The molecule has 0 spiro atoms. The maximum absolute atomic E-state index is 14.8. The number of nitrogens with zero attached hydrogens (tertiary/aromatic N) is 4. The van der Waals surface area contributed by atoms with Gasteiger partial charge in [0.25, 0.3) is 17.7 Å². The van der Waals surface area contributed by atoms with E-state index in [0.717, 1.165) is 5.56 Å². The minimum Gasteiger partial charge on any atom is -0.481 e. The molecule has 1 saturated carbocycles. The summed E-state index contributed by atoms with van der Waals surface area (Å²) < 4.78 is 48.3. The lowest BCUT2D eigenvalue weighted by Gasteiger charge is -2.47. The number of carbonyl (C=O) groups is 3. The molecule has 1 aromatic heterocycles. The first kappa shape index (κ1) is 28.1. The summed E-state index contributed by atoms with van der Waals surface area (Å²) in [6.07, 6.45) is 1.72. The van der Waals surface area contributed by atoms with Gasteiger partial charge in [-0.3, -0.25) is 24.2 Å². The molecule has 3 heterocycles. The van der Waals surface area contributed by atoms with Crippen molar-refractivity contribution in [2.75, 3.05) is 16.9 Å². The predicted octanol–water partition coefficient (Wildman–Crippen LogP) is 5.51. The Morgan fingerprint density at radius 1 is 1.00 bits per heavy atom. The largest absolute Gasteiger partial charge is 0.481 e. The fourth-order valence-corrected chi connectivity index (χ4v) is 6.86. The van der Waals surface area contributed by atoms with E-state index < -0.39 is 54.5 Å². The normalized spacial score (nSPS) is 24.0. The number of halogens is 3. The molecular weight excluding hydrogens is 573 g/mol. The number of hydrogen-bond acceptors (Lipinski definition) is 5. The molecule has 0 bridgehead atoms. The SMILES string of the molecule is COc1cccc(N2C(=O)CCC2C(=O)N(c2cccc(F)c2)C2C(=O)N(C3CC(F)(F)C3)C3=CCC3c3ccccc32)n1. The summed E-state index contributed by atoms with van der Waals surface area (Å²) in [6.45, 7) is 0. The van der Waals surface area contributed by atoms with E-state index in [9.17, 15) is 27.6 Å². The number of anilines is 2. The van der Waals surface area contributed by atoms with Crippen molar-refractivity contribution in [2.45, 2.75) is 62.1 Å². The molecular formula is C33H29F3N4O4. The zero-order valence-corrected chi connectivity index (χ0v) is 23.8. The lowest BCUT2D eigenvalue weighted by molar-refractivity contribution is -0.151. The summed E-state index contributed by atoms with van der Waals surface area (Å²) in [7, 11) is 1.44. The highest BCUT2D eigenvalue weighted by molar-refractivity contribution is 6.11. The number of alkyl halides is 2. The number of amides is 3. The molecule has 8 nitrogen and oxygen atoms in total. The Labute approximate surface area is 251 Å². The molecule has 2 aliphatic heterocycles. The molecule has 226 valence electrons. The van der Waals surface area contributed by atoms with Crippen LogP contribution in [0, 0.1) is 5.82 Å². The summed E-state index contributed by atoms with van der Waals surface area (Å²) in [5.74, 6) is -4.74. The Morgan fingerprint density at radius 3 is 2.43 bits per heavy atom. The van der Waals surface area contributed by atoms with Gasteiger partial charge in [0, 0.05) is 48.7 Å². The molecule has 0 N–H and O–H groups in total. The predicted molar refractivity (Wildman–Crippen MR) is 155 cm³/mol. The lowest BCUT2D eigenvalue weighted by atomic mass is 9.79. The van der Waals surface area contributed by atoms with Gasteiger partial charge in [-0.05, 0) is 48.2 Å². The number of aromatic nitrogens is 1. The fourth-order valence-electron chi connectivity index (χ4n) is 6.86. The second-order valence-corrected chi connectivity index (χ2v) is 11.6. The van der Waals surface area contributed by atoms with Crippen LogP contribution in [0.25, 0.3) is 0 Å². The van der Waals surface area contributed by atoms with Crippen molar-refractivity contribution in [3.8, 4) is 5.88 Å². The Kier molecular flexibility index (Phi) is 6.71. The molecule has 0 radical (unpaired) electrons. The topological polar surface area (TPSA) is 83.0 Å². The van der Waals surface area contributed by atoms with Gasteiger partial charge < -0.3 is 9.64 Å². The van der Waals surface area contributed by atoms with E-state index in [2.05, 4.69) is 4.98 Å². The highest BCUT2D eigenvalue weighted by Gasteiger charge is 2.55. The summed E-state index contributed by atoms with van der Waals surface area (Å²) >= 11 is 0. The first-order valence-corrected chi connectivity index (χ1v) is 14.6. The molecule has 3 atom stereocenters. The first-order valence-electron chi connectivity index (χ1n) is 14.6. The number of allylic oxidation sites excluding steroid dienone is 2. The summed E-state index contributed by atoms with van der Waals surface area (Å²) in [5, 5.41) is 0. The van der Waals surface area contributed by atoms with Crippen LogP contribution >= 0.6 is 0 Å². The van der Waals surface area contributed by atoms with Crippen molar-refractivity contribution in [1.29, 1.82) is 0 Å². The lowest BCUT2D eigenvalue weighted by Crippen LogP contribution is -2.57. The molecule has 11 heteroatoms. The van der Waals surface area contributed by atoms with Crippen LogP contribution in [0.2, 0.25) is 0 Å². The van der Waals surface area contributed by atoms with Crippen LogP contribution in [-0.4, -0.2) is 52.7 Å². The van der Waals surface area contributed by atoms with E-state index >= 15 is 0 Å². The van der Waals surface area contributed by atoms with Crippen molar-refractivity contribution in [2.24, 2.45) is 0 Å². The third-order valence-corrected chi connectivity index (χ3v) is 9.01. The van der Waals surface area contributed by atoms with E-state index in [0.29, 0.717) is 17.7 Å². The number of benzene rings is 2. The average Bonchev–Trinajstić information content (AvgIpc) is 3.35. The van der Waals surface area contributed by atoms with E-state index in [1.165, 1.54) is 46.1 Å². The van der Waals surface area contributed by atoms with Crippen LogP contribution < -0.4 is 14.5 Å². The van der Waals surface area contributed by atoms with Gasteiger partial charge in [-0.15, -0.1) is 0 Å². The smallest absolute Gasteiger partial charge is 0.254 e. The van der Waals surface area contributed by atoms with Crippen LogP contribution in [0.4, 0.5) is 24.7 Å². The maximum atomic E-state index is 14.8. The van der Waals surface area contributed by atoms with Crippen LogP contribution in [0.15, 0.2) is 78.5 Å². The molecule has 44 heavy (non-hydrogen) atoms. The number of fused-ring (bicyclic) bond motifs is 3. The van der Waals surface area contributed by atoms with Gasteiger partial charge in [0.1, 0.15) is 23.7 Å². The van der Waals surface area contributed by atoms with Crippen molar-refractivity contribution in [3.63, 3.8) is 0 Å².